The number of carbonyl (C=O) groups excluding carboxylic acids is 1. The Labute approximate surface area is 95.2 Å². The van der Waals surface area contributed by atoms with E-state index in [9.17, 15) is 9.18 Å². The van der Waals surface area contributed by atoms with Crippen molar-refractivity contribution in [2.24, 2.45) is 0 Å². The normalized spacial score (nSPS) is 9.86. The predicted molar refractivity (Wildman–Crippen MR) is 60.0 cm³/mol. The molecule has 1 N–H and O–H groups in total. The van der Waals surface area contributed by atoms with Crippen LogP contribution in [-0.4, -0.2) is 21.9 Å². The topological polar surface area (TPSA) is 42.0 Å². The van der Waals surface area contributed by atoms with Crippen LogP contribution in [0.1, 0.15) is 16.8 Å². The van der Waals surface area contributed by atoms with Gasteiger partial charge < -0.3 is 5.32 Å². The van der Waals surface area contributed by atoms with Crippen molar-refractivity contribution in [3.63, 3.8) is 0 Å². The Morgan fingerprint density at radius 2 is 2.43 bits per heavy atom. The number of nitrogens with one attached hydrogen (secondary N) is 1. The van der Waals surface area contributed by atoms with E-state index in [-0.39, 0.29) is 11.5 Å². The molecule has 5 heteroatoms. The fraction of sp³-hybridized carbons (Fsp3) is 0.333. The van der Waals surface area contributed by atoms with Gasteiger partial charge in [0, 0.05) is 17.2 Å². The Kier molecular flexibility index (Phi) is 4.78. The minimum atomic E-state index is -0.584. The van der Waals surface area contributed by atoms with Gasteiger partial charge in [-0.3, -0.25) is 9.78 Å². The Morgan fingerprint density at radius 1 is 1.64 bits per heavy atom. The van der Waals surface area contributed by atoms with Gasteiger partial charge in [0.05, 0.1) is 11.8 Å². The van der Waals surface area contributed by atoms with Crippen molar-refractivity contribution in [2.45, 2.75) is 6.42 Å². The number of rotatable bonds is 4. The lowest BCUT2D eigenvalue weighted by Gasteiger charge is -2.03. The molecule has 0 unspecified atom stereocenters. The summed E-state index contributed by atoms with van der Waals surface area (Å²) in [6, 6.07) is 1.37. The average Bonchev–Trinajstić information content (AvgIpc) is 2.18. The van der Waals surface area contributed by atoms with Gasteiger partial charge in [-0.25, -0.2) is 4.39 Å². The van der Waals surface area contributed by atoms with Crippen molar-refractivity contribution in [3.8, 4) is 0 Å². The van der Waals surface area contributed by atoms with E-state index in [2.05, 4.69) is 32.9 Å². The molecular formula is C9H10FIN2O. The molecule has 0 aliphatic rings. The van der Waals surface area contributed by atoms with Crippen molar-refractivity contribution < 1.29 is 9.18 Å². The number of amides is 1. The van der Waals surface area contributed by atoms with Crippen molar-refractivity contribution in [1.82, 2.24) is 10.3 Å². The number of hydrogen-bond acceptors (Lipinski definition) is 2. The standard InChI is InChI=1S/C9H10FIN2O/c10-8-6-12-5-2-7(8)9(14)13-4-1-3-11/h2,5-6H,1,3-4H2,(H,13,14). The molecule has 0 aromatic carbocycles. The van der Waals surface area contributed by atoms with Crippen LogP contribution in [0, 0.1) is 5.82 Å². The van der Waals surface area contributed by atoms with E-state index in [1.54, 1.807) is 0 Å². The summed E-state index contributed by atoms with van der Waals surface area (Å²) >= 11 is 2.22. The van der Waals surface area contributed by atoms with Gasteiger partial charge in [-0.15, -0.1) is 0 Å². The van der Waals surface area contributed by atoms with Crippen LogP contribution in [0.5, 0.6) is 0 Å². The number of halogens is 2. The van der Waals surface area contributed by atoms with E-state index in [1.807, 2.05) is 0 Å². The van der Waals surface area contributed by atoms with E-state index in [1.165, 1.54) is 12.3 Å². The molecule has 1 amide bonds. The maximum absolute atomic E-state index is 13.0. The highest BCUT2D eigenvalue weighted by atomic mass is 127. The zero-order chi connectivity index (χ0) is 10.4. The number of alkyl halides is 1. The summed E-state index contributed by atoms with van der Waals surface area (Å²) in [5, 5.41) is 2.63. The Balaban J connectivity index is 2.56. The number of pyridine rings is 1. The first-order chi connectivity index (χ1) is 6.75. The third-order valence-corrected chi connectivity index (χ3v) is 2.38. The van der Waals surface area contributed by atoms with Crippen molar-refractivity contribution in [1.29, 1.82) is 0 Å². The lowest BCUT2D eigenvalue weighted by atomic mass is 10.2. The molecule has 0 bridgehead atoms. The van der Waals surface area contributed by atoms with Crippen LogP contribution >= 0.6 is 22.6 Å². The van der Waals surface area contributed by atoms with Gasteiger partial charge in [-0.05, 0) is 12.5 Å². The summed E-state index contributed by atoms with van der Waals surface area (Å²) in [5.41, 5.74) is 0.0495. The van der Waals surface area contributed by atoms with Crippen molar-refractivity contribution >= 4 is 28.5 Å². The van der Waals surface area contributed by atoms with E-state index in [4.69, 9.17) is 0 Å². The molecule has 14 heavy (non-hydrogen) atoms. The number of hydrogen-bond donors (Lipinski definition) is 1. The fourth-order valence-electron chi connectivity index (χ4n) is 0.923. The van der Waals surface area contributed by atoms with Gasteiger partial charge in [-0.2, -0.15) is 0 Å². The molecule has 1 rings (SSSR count). The first-order valence-corrected chi connectivity index (χ1v) is 5.72. The predicted octanol–water partition coefficient (Wildman–Crippen LogP) is 1.78. The molecule has 0 fully saturated rings. The summed E-state index contributed by atoms with van der Waals surface area (Å²) in [6.07, 6.45) is 3.32. The average molecular weight is 308 g/mol. The molecule has 3 nitrogen and oxygen atoms in total. The molecule has 0 atom stereocenters. The van der Waals surface area contributed by atoms with E-state index in [0.29, 0.717) is 6.54 Å². The lowest BCUT2D eigenvalue weighted by molar-refractivity contribution is 0.0949. The van der Waals surface area contributed by atoms with Crippen LogP contribution in [0.15, 0.2) is 18.5 Å². The van der Waals surface area contributed by atoms with Gasteiger partial charge in [-0.1, -0.05) is 22.6 Å². The fourth-order valence-corrected chi connectivity index (χ4v) is 1.30. The van der Waals surface area contributed by atoms with Crippen molar-refractivity contribution in [3.05, 3.63) is 29.8 Å². The highest BCUT2D eigenvalue weighted by molar-refractivity contribution is 14.1. The molecule has 76 valence electrons. The maximum Gasteiger partial charge on any atom is 0.254 e. The second-order valence-electron chi connectivity index (χ2n) is 2.65. The summed E-state index contributed by atoms with van der Waals surface area (Å²) in [7, 11) is 0. The van der Waals surface area contributed by atoms with Gasteiger partial charge in [0.15, 0.2) is 5.82 Å². The summed E-state index contributed by atoms with van der Waals surface area (Å²) in [5.74, 6) is -0.964. The van der Waals surface area contributed by atoms with Crippen molar-refractivity contribution in [2.75, 3.05) is 11.0 Å². The van der Waals surface area contributed by atoms with Gasteiger partial charge in [0.25, 0.3) is 5.91 Å². The molecular weight excluding hydrogens is 298 g/mol. The van der Waals surface area contributed by atoms with Crippen LogP contribution in [-0.2, 0) is 0 Å². The lowest BCUT2D eigenvalue weighted by Crippen LogP contribution is -2.25. The quantitative estimate of drug-likeness (QED) is 0.523. The summed E-state index contributed by atoms with van der Waals surface area (Å²) in [6.45, 7) is 0.573. The van der Waals surface area contributed by atoms with Crippen LogP contribution in [0.25, 0.3) is 0 Å². The van der Waals surface area contributed by atoms with Crippen LogP contribution in [0.2, 0.25) is 0 Å². The Morgan fingerprint density at radius 3 is 3.07 bits per heavy atom. The van der Waals surface area contributed by atoms with E-state index < -0.39 is 5.82 Å². The van der Waals surface area contributed by atoms with Gasteiger partial charge in [0.2, 0.25) is 0 Å². The zero-order valence-electron chi connectivity index (χ0n) is 7.46. The Bertz CT molecular complexity index is 319. The van der Waals surface area contributed by atoms with Crippen LogP contribution < -0.4 is 5.32 Å². The molecule has 0 spiro atoms. The molecule has 1 heterocycles. The monoisotopic (exact) mass is 308 g/mol. The smallest absolute Gasteiger partial charge is 0.254 e. The first kappa shape index (κ1) is 11.4. The van der Waals surface area contributed by atoms with Gasteiger partial charge >= 0.3 is 0 Å². The van der Waals surface area contributed by atoms with Crippen LogP contribution in [0.3, 0.4) is 0 Å². The molecule has 0 radical (unpaired) electrons. The molecule has 0 saturated carbocycles. The zero-order valence-corrected chi connectivity index (χ0v) is 9.62. The number of nitrogens with zero attached hydrogens (tertiary/aromatic N) is 1. The third kappa shape index (κ3) is 3.21. The summed E-state index contributed by atoms with van der Waals surface area (Å²) < 4.78 is 14.0. The van der Waals surface area contributed by atoms with E-state index >= 15 is 0 Å². The SMILES string of the molecule is O=C(NCCCI)c1ccncc1F. The molecule has 0 aliphatic carbocycles. The molecule has 0 saturated heterocycles. The Hall–Kier alpha value is -0.720. The van der Waals surface area contributed by atoms with E-state index in [0.717, 1.165) is 17.0 Å². The second kappa shape index (κ2) is 5.90. The minimum Gasteiger partial charge on any atom is -0.352 e. The maximum atomic E-state index is 13.0. The van der Waals surface area contributed by atoms with Gasteiger partial charge in [0.1, 0.15) is 0 Å². The summed E-state index contributed by atoms with van der Waals surface area (Å²) in [4.78, 5) is 14.9. The first-order valence-electron chi connectivity index (χ1n) is 4.19. The number of carbonyl (C=O) groups is 1. The highest BCUT2D eigenvalue weighted by Crippen LogP contribution is 2.03. The largest absolute Gasteiger partial charge is 0.352 e. The third-order valence-electron chi connectivity index (χ3n) is 1.61. The molecule has 1 aromatic rings. The van der Waals surface area contributed by atoms with Crippen LogP contribution in [0.4, 0.5) is 4.39 Å². The molecule has 0 aliphatic heterocycles. The second-order valence-corrected chi connectivity index (χ2v) is 3.73. The molecule has 1 aromatic heterocycles. The highest BCUT2D eigenvalue weighted by Gasteiger charge is 2.09. The minimum absolute atomic E-state index is 0.0495. The number of aromatic nitrogens is 1.